The second-order valence-electron chi connectivity index (χ2n) is 5.71. The lowest BCUT2D eigenvalue weighted by Crippen LogP contribution is -2.24. The van der Waals surface area contributed by atoms with Crippen molar-refractivity contribution in [2.24, 2.45) is 11.8 Å². The SMILES string of the molecule is CCC1CCC(Nc2ccc(C(C)=O)c(N)c2)C1C. The zero-order valence-electron chi connectivity index (χ0n) is 12.1. The van der Waals surface area contributed by atoms with Crippen LogP contribution in [0.2, 0.25) is 0 Å². The van der Waals surface area contributed by atoms with Gasteiger partial charge in [-0.05, 0) is 49.8 Å². The van der Waals surface area contributed by atoms with E-state index in [-0.39, 0.29) is 5.78 Å². The molecule has 1 aromatic rings. The molecule has 0 heterocycles. The normalized spacial score (nSPS) is 26.4. The number of nitrogens with two attached hydrogens (primary N) is 1. The molecule has 3 N–H and O–H groups in total. The summed E-state index contributed by atoms with van der Waals surface area (Å²) in [5.74, 6) is 1.54. The Labute approximate surface area is 115 Å². The predicted molar refractivity (Wildman–Crippen MR) is 80.4 cm³/mol. The van der Waals surface area contributed by atoms with Crippen LogP contribution in [0.25, 0.3) is 0 Å². The van der Waals surface area contributed by atoms with E-state index in [1.807, 2.05) is 18.2 Å². The molecule has 0 bridgehead atoms. The summed E-state index contributed by atoms with van der Waals surface area (Å²) in [4.78, 5) is 11.4. The Kier molecular flexibility index (Phi) is 4.13. The van der Waals surface area contributed by atoms with Crippen LogP contribution in [-0.2, 0) is 0 Å². The molecule has 2 rings (SSSR count). The van der Waals surface area contributed by atoms with Crippen LogP contribution in [0, 0.1) is 11.8 Å². The van der Waals surface area contributed by atoms with Gasteiger partial charge in [0.1, 0.15) is 0 Å². The molecule has 1 saturated carbocycles. The number of anilines is 2. The smallest absolute Gasteiger partial charge is 0.161 e. The first-order chi connectivity index (χ1) is 9.02. The summed E-state index contributed by atoms with van der Waals surface area (Å²) in [6, 6.07) is 6.17. The first kappa shape index (κ1) is 13.9. The van der Waals surface area contributed by atoms with Crippen LogP contribution in [0.1, 0.15) is 50.4 Å². The highest BCUT2D eigenvalue weighted by molar-refractivity contribution is 5.99. The second kappa shape index (κ2) is 5.64. The number of carbonyl (C=O) groups excluding carboxylic acids is 1. The number of hydrogen-bond acceptors (Lipinski definition) is 3. The van der Waals surface area contributed by atoms with E-state index >= 15 is 0 Å². The minimum Gasteiger partial charge on any atom is -0.398 e. The van der Waals surface area contributed by atoms with Crippen LogP contribution < -0.4 is 11.1 Å². The number of nitrogen functional groups attached to an aromatic ring is 1. The largest absolute Gasteiger partial charge is 0.398 e. The number of hydrogen-bond donors (Lipinski definition) is 2. The minimum absolute atomic E-state index is 0.0179. The van der Waals surface area contributed by atoms with Crippen LogP contribution in [0.5, 0.6) is 0 Å². The summed E-state index contributed by atoms with van der Waals surface area (Å²) in [7, 11) is 0. The third-order valence-corrected chi connectivity index (χ3v) is 4.53. The van der Waals surface area contributed by atoms with Gasteiger partial charge < -0.3 is 11.1 Å². The third kappa shape index (κ3) is 2.91. The maximum absolute atomic E-state index is 11.4. The minimum atomic E-state index is 0.0179. The summed E-state index contributed by atoms with van der Waals surface area (Å²) >= 11 is 0. The highest BCUT2D eigenvalue weighted by Crippen LogP contribution is 2.36. The van der Waals surface area contributed by atoms with Gasteiger partial charge in [-0.15, -0.1) is 0 Å². The quantitative estimate of drug-likeness (QED) is 0.641. The van der Waals surface area contributed by atoms with Crippen LogP contribution in [0.4, 0.5) is 11.4 Å². The Morgan fingerprint density at radius 1 is 1.42 bits per heavy atom. The Balaban J connectivity index is 2.08. The van der Waals surface area contributed by atoms with Crippen molar-refractivity contribution in [3.63, 3.8) is 0 Å². The molecule has 1 aliphatic carbocycles. The number of ketones is 1. The van der Waals surface area contributed by atoms with Crippen LogP contribution in [0.3, 0.4) is 0 Å². The maximum Gasteiger partial charge on any atom is 0.161 e. The number of nitrogens with one attached hydrogen (secondary N) is 1. The average Bonchev–Trinajstić information content (AvgIpc) is 2.70. The lowest BCUT2D eigenvalue weighted by atomic mass is 9.93. The summed E-state index contributed by atoms with van der Waals surface area (Å²) in [6.07, 6.45) is 3.77. The Bertz CT molecular complexity index is 470. The highest BCUT2D eigenvalue weighted by Gasteiger charge is 2.31. The molecule has 3 atom stereocenters. The van der Waals surface area contributed by atoms with Gasteiger partial charge >= 0.3 is 0 Å². The molecule has 1 aromatic carbocycles. The molecule has 3 unspecified atom stereocenters. The van der Waals surface area contributed by atoms with Gasteiger partial charge in [0.25, 0.3) is 0 Å². The van der Waals surface area contributed by atoms with E-state index in [1.165, 1.54) is 19.3 Å². The molecule has 19 heavy (non-hydrogen) atoms. The zero-order chi connectivity index (χ0) is 14.0. The number of benzene rings is 1. The lowest BCUT2D eigenvalue weighted by molar-refractivity contribution is 0.101. The van der Waals surface area contributed by atoms with Crippen molar-refractivity contribution in [3.8, 4) is 0 Å². The molecule has 104 valence electrons. The van der Waals surface area contributed by atoms with Gasteiger partial charge in [0, 0.05) is 23.0 Å². The molecular weight excluding hydrogens is 236 g/mol. The zero-order valence-corrected chi connectivity index (χ0v) is 12.1. The van der Waals surface area contributed by atoms with E-state index < -0.39 is 0 Å². The van der Waals surface area contributed by atoms with Crippen LogP contribution in [-0.4, -0.2) is 11.8 Å². The first-order valence-corrected chi connectivity index (χ1v) is 7.20. The maximum atomic E-state index is 11.4. The van der Waals surface area contributed by atoms with Crippen molar-refractivity contribution in [1.82, 2.24) is 0 Å². The Morgan fingerprint density at radius 3 is 2.68 bits per heavy atom. The molecule has 3 heteroatoms. The molecule has 1 fully saturated rings. The van der Waals surface area contributed by atoms with Gasteiger partial charge in [-0.2, -0.15) is 0 Å². The van der Waals surface area contributed by atoms with E-state index in [4.69, 9.17) is 5.73 Å². The first-order valence-electron chi connectivity index (χ1n) is 7.20. The second-order valence-corrected chi connectivity index (χ2v) is 5.71. The Morgan fingerprint density at radius 2 is 2.16 bits per heavy atom. The van der Waals surface area contributed by atoms with Crippen LogP contribution >= 0.6 is 0 Å². The van der Waals surface area contributed by atoms with Gasteiger partial charge in [-0.1, -0.05) is 20.3 Å². The summed E-state index contributed by atoms with van der Waals surface area (Å²) in [6.45, 7) is 6.14. The van der Waals surface area contributed by atoms with E-state index in [1.54, 1.807) is 6.92 Å². The fourth-order valence-corrected chi connectivity index (χ4v) is 3.21. The topological polar surface area (TPSA) is 55.1 Å². The Hall–Kier alpha value is -1.51. The number of carbonyl (C=O) groups is 1. The highest BCUT2D eigenvalue weighted by atomic mass is 16.1. The monoisotopic (exact) mass is 260 g/mol. The molecule has 0 amide bonds. The molecule has 3 nitrogen and oxygen atoms in total. The van der Waals surface area contributed by atoms with Crippen molar-refractivity contribution in [2.75, 3.05) is 11.1 Å². The molecule has 0 radical (unpaired) electrons. The standard InChI is InChI=1S/C16H24N2O/c1-4-12-5-8-16(10(12)2)18-13-6-7-14(11(3)19)15(17)9-13/h6-7,9-10,12,16,18H,4-5,8,17H2,1-3H3. The lowest BCUT2D eigenvalue weighted by Gasteiger charge is -2.22. The van der Waals surface area contributed by atoms with Gasteiger partial charge in [0.2, 0.25) is 0 Å². The van der Waals surface area contributed by atoms with Crippen molar-refractivity contribution < 1.29 is 4.79 Å². The van der Waals surface area contributed by atoms with Gasteiger partial charge in [-0.25, -0.2) is 0 Å². The van der Waals surface area contributed by atoms with Crippen molar-refractivity contribution in [2.45, 2.75) is 46.1 Å². The van der Waals surface area contributed by atoms with E-state index in [9.17, 15) is 4.79 Å². The molecule has 0 aliphatic heterocycles. The van der Waals surface area contributed by atoms with Gasteiger partial charge in [0.05, 0.1) is 0 Å². The van der Waals surface area contributed by atoms with Crippen molar-refractivity contribution in [1.29, 1.82) is 0 Å². The summed E-state index contributed by atoms with van der Waals surface area (Å²) in [5.41, 5.74) is 8.12. The average molecular weight is 260 g/mol. The molecule has 0 saturated heterocycles. The van der Waals surface area contributed by atoms with Gasteiger partial charge in [0.15, 0.2) is 5.78 Å². The third-order valence-electron chi connectivity index (χ3n) is 4.53. The van der Waals surface area contributed by atoms with Crippen molar-refractivity contribution >= 4 is 17.2 Å². The van der Waals surface area contributed by atoms with Crippen LogP contribution in [0.15, 0.2) is 18.2 Å². The molecule has 0 aromatic heterocycles. The molecule has 1 aliphatic rings. The summed E-state index contributed by atoms with van der Waals surface area (Å²) < 4.78 is 0. The van der Waals surface area contributed by atoms with E-state index in [0.29, 0.717) is 23.2 Å². The molecular formula is C16H24N2O. The fourth-order valence-electron chi connectivity index (χ4n) is 3.21. The molecule has 0 spiro atoms. The fraction of sp³-hybridized carbons (Fsp3) is 0.562. The predicted octanol–water partition coefficient (Wildman–Crippen LogP) is 3.71. The van der Waals surface area contributed by atoms with Crippen molar-refractivity contribution in [3.05, 3.63) is 23.8 Å². The number of rotatable bonds is 4. The van der Waals surface area contributed by atoms with Gasteiger partial charge in [-0.3, -0.25) is 4.79 Å². The van der Waals surface area contributed by atoms with E-state index in [0.717, 1.165) is 11.6 Å². The summed E-state index contributed by atoms with van der Waals surface area (Å²) in [5, 5.41) is 3.57. The van der Waals surface area contributed by atoms with E-state index in [2.05, 4.69) is 19.2 Å². The number of Topliss-reactive ketones (excluding diaryl/α,β-unsaturated/α-hetero) is 1.